The maximum Gasteiger partial charge on any atom is 0.169 e. The number of halogens is 1. The van der Waals surface area contributed by atoms with Gasteiger partial charge in [0.2, 0.25) is 0 Å². The van der Waals surface area contributed by atoms with Crippen molar-refractivity contribution in [3.8, 4) is 0 Å². The third-order valence-electron chi connectivity index (χ3n) is 2.34. The highest BCUT2D eigenvalue weighted by Crippen LogP contribution is 2.12. The van der Waals surface area contributed by atoms with E-state index in [1.165, 1.54) is 5.56 Å². The second kappa shape index (κ2) is 4.95. The van der Waals surface area contributed by atoms with Crippen LogP contribution >= 0.6 is 11.6 Å². The van der Waals surface area contributed by atoms with Gasteiger partial charge in [-0.05, 0) is 23.3 Å². The van der Waals surface area contributed by atoms with E-state index in [4.69, 9.17) is 11.6 Å². The molecular formula is C14H13ClN+. The highest BCUT2D eigenvalue weighted by molar-refractivity contribution is 6.30. The first-order chi connectivity index (χ1) is 7.74. The zero-order valence-corrected chi connectivity index (χ0v) is 9.85. The van der Waals surface area contributed by atoms with Crippen LogP contribution in [0, 0.1) is 0 Å². The van der Waals surface area contributed by atoms with Crippen LogP contribution in [0.3, 0.4) is 0 Å². The highest BCUT2D eigenvalue weighted by atomic mass is 35.5. The predicted octanol–water partition coefficient (Wildman–Crippen LogP) is 3.33. The number of nitrogens with zero attached hydrogens (tertiary/aromatic N) is 1. The molecule has 0 atom stereocenters. The van der Waals surface area contributed by atoms with E-state index in [1.54, 1.807) is 0 Å². The lowest BCUT2D eigenvalue weighted by Gasteiger charge is -1.94. The first kappa shape index (κ1) is 10.9. The SMILES string of the molecule is C[n+]1ccc(/C=C\c2ccc(Cl)cc2)cc1. The molecule has 0 aliphatic heterocycles. The number of hydrogen-bond acceptors (Lipinski definition) is 0. The van der Waals surface area contributed by atoms with E-state index in [9.17, 15) is 0 Å². The number of rotatable bonds is 2. The Morgan fingerprint density at radius 2 is 1.38 bits per heavy atom. The molecule has 0 radical (unpaired) electrons. The molecule has 2 heteroatoms. The minimum Gasteiger partial charge on any atom is -0.208 e. The number of aromatic nitrogens is 1. The molecule has 2 rings (SSSR count). The van der Waals surface area contributed by atoms with E-state index < -0.39 is 0 Å². The predicted molar refractivity (Wildman–Crippen MR) is 68.0 cm³/mol. The van der Waals surface area contributed by atoms with Crippen molar-refractivity contribution in [3.05, 3.63) is 64.9 Å². The summed E-state index contributed by atoms with van der Waals surface area (Å²) in [6.07, 6.45) is 8.22. The molecule has 0 saturated heterocycles. The summed E-state index contributed by atoms with van der Waals surface area (Å²) in [6.45, 7) is 0. The van der Waals surface area contributed by atoms with Crippen LogP contribution in [0.25, 0.3) is 12.2 Å². The first-order valence-electron chi connectivity index (χ1n) is 5.13. The molecule has 0 bridgehead atoms. The molecule has 1 heterocycles. The Hall–Kier alpha value is -1.60. The van der Waals surface area contributed by atoms with Gasteiger partial charge in [-0.2, -0.15) is 0 Å². The summed E-state index contributed by atoms with van der Waals surface area (Å²) in [5.41, 5.74) is 2.34. The Morgan fingerprint density at radius 3 is 1.94 bits per heavy atom. The minimum absolute atomic E-state index is 0.767. The van der Waals surface area contributed by atoms with Crippen LogP contribution in [-0.2, 0) is 7.05 Å². The van der Waals surface area contributed by atoms with Crippen molar-refractivity contribution in [2.24, 2.45) is 7.05 Å². The van der Waals surface area contributed by atoms with Crippen LogP contribution in [0.1, 0.15) is 11.1 Å². The average molecular weight is 231 g/mol. The zero-order valence-electron chi connectivity index (χ0n) is 9.10. The molecule has 0 fully saturated rings. The topological polar surface area (TPSA) is 3.88 Å². The van der Waals surface area contributed by atoms with Gasteiger partial charge in [0.05, 0.1) is 0 Å². The standard InChI is InChI=1S/C14H13ClN/c1-16-10-8-13(9-11-16)3-2-12-4-6-14(15)7-5-12/h2-11H,1H3/q+1/b3-2-. The summed E-state index contributed by atoms with van der Waals surface area (Å²) >= 11 is 5.82. The van der Waals surface area contributed by atoms with Gasteiger partial charge < -0.3 is 0 Å². The third kappa shape index (κ3) is 2.94. The molecule has 0 spiro atoms. The van der Waals surface area contributed by atoms with Crippen molar-refractivity contribution in [2.45, 2.75) is 0 Å². The number of hydrogen-bond donors (Lipinski definition) is 0. The number of benzene rings is 1. The maximum atomic E-state index is 5.82. The normalized spacial score (nSPS) is 10.9. The molecule has 0 aliphatic rings. The van der Waals surface area contributed by atoms with Gasteiger partial charge in [0.25, 0.3) is 0 Å². The molecule has 1 nitrogen and oxygen atoms in total. The van der Waals surface area contributed by atoms with Crippen LogP contribution in [0.15, 0.2) is 48.8 Å². The Balaban J connectivity index is 2.15. The fourth-order valence-corrected chi connectivity index (χ4v) is 1.52. The average Bonchev–Trinajstić information content (AvgIpc) is 2.30. The summed E-state index contributed by atoms with van der Waals surface area (Å²) in [7, 11) is 2.01. The van der Waals surface area contributed by atoms with Gasteiger partial charge in [0.1, 0.15) is 7.05 Å². The Labute approximate surface area is 101 Å². The van der Waals surface area contributed by atoms with Gasteiger partial charge >= 0.3 is 0 Å². The van der Waals surface area contributed by atoms with E-state index in [-0.39, 0.29) is 0 Å². The quantitative estimate of drug-likeness (QED) is 0.697. The van der Waals surface area contributed by atoms with Crippen molar-refractivity contribution in [1.82, 2.24) is 0 Å². The molecule has 1 aromatic carbocycles. The van der Waals surface area contributed by atoms with Crippen molar-refractivity contribution >= 4 is 23.8 Å². The molecule has 0 aliphatic carbocycles. The lowest BCUT2D eigenvalue weighted by molar-refractivity contribution is -0.671. The van der Waals surface area contributed by atoms with E-state index in [2.05, 4.69) is 24.3 Å². The molecular weight excluding hydrogens is 218 g/mol. The maximum absolute atomic E-state index is 5.82. The third-order valence-corrected chi connectivity index (χ3v) is 2.59. The van der Waals surface area contributed by atoms with Crippen LogP contribution in [0.4, 0.5) is 0 Å². The van der Waals surface area contributed by atoms with Gasteiger partial charge in [-0.25, -0.2) is 4.57 Å². The second-order valence-corrected chi connectivity index (χ2v) is 4.12. The van der Waals surface area contributed by atoms with Crippen molar-refractivity contribution < 1.29 is 4.57 Å². The number of pyridine rings is 1. The lowest BCUT2D eigenvalue weighted by atomic mass is 10.1. The van der Waals surface area contributed by atoms with E-state index in [0.717, 1.165) is 10.6 Å². The molecule has 0 unspecified atom stereocenters. The van der Waals surface area contributed by atoms with Crippen LogP contribution < -0.4 is 4.57 Å². The largest absolute Gasteiger partial charge is 0.208 e. The van der Waals surface area contributed by atoms with Crippen molar-refractivity contribution in [2.75, 3.05) is 0 Å². The molecule has 0 amide bonds. The van der Waals surface area contributed by atoms with E-state index in [1.807, 2.05) is 48.3 Å². The Morgan fingerprint density at radius 1 is 0.875 bits per heavy atom. The molecule has 16 heavy (non-hydrogen) atoms. The van der Waals surface area contributed by atoms with Crippen LogP contribution in [0.5, 0.6) is 0 Å². The monoisotopic (exact) mass is 230 g/mol. The van der Waals surface area contributed by atoms with Crippen LogP contribution in [-0.4, -0.2) is 0 Å². The van der Waals surface area contributed by atoms with Crippen LogP contribution in [0.2, 0.25) is 5.02 Å². The minimum atomic E-state index is 0.767. The molecule has 0 saturated carbocycles. The zero-order chi connectivity index (χ0) is 11.4. The second-order valence-electron chi connectivity index (χ2n) is 3.68. The Kier molecular flexibility index (Phi) is 3.37. The molecule has 2 aromatic rings. The lowest BCUT2D eigenvalue weighted by Crippen LogP contribution is -2.25. The smallest absolute Gasteiger partial charge is 0.169 e. The van der Waals surface area contributed by atoms with Gasteiger partial charge in [-0.1, -0.05) is 35.9 Å². The fourth-order valence-electron chi connectivity index (χ4n) is 1.39. The molecule has 0 N–H and O–H groups in total. The van der Waals surface area contributed by atoms with Crippen molar-refractivity contribution in [3.63, 3.8) is 0 Å². The first-order valence-corrected chi connectivity index (χ1v) is 5.51. The fraction of sp³-hybridized carbons (Fsp3) is 0.0714. The van der Waals surface area contributed by atoms with Gasteiger partial charge in [-0.15, -0.1) is 0 Å². The van der Waals surface area contributed by atoms with Gasteiger partial charge in [0, 0.05) is 17.2 Å². The highest BCUT2D eigenvalue weighted by Gasteiger charge is 1.92. The van der Waals surface area contributed by atoms with E-state index >= 15 is 0 Å². The molecule has 1 aromatic heterocycles. The van der Waals surface area contributed by atoms with Gasteiger partial charge in [0.15, 0.2) is 12.4 Å². The summed E-state index contributed by atoms with van der Waals surface area (Å²) in [5.74, 6) is 0. The van der Waals surface area contributed by atoms with E-state index in [0.29, 0.717) is 0 Å². The Bertz CT molecular complexity index is 436. The summed E-state index contributed by atoms with van der Waals surface area (Å²) in [6, 6.07) is 11.9. The van der Waals surface area contributed by atoms with Crippen molar-refractivity contribution in [1.29, 1.82) is 0 Å². The number of aryl methyl sites for hydroxylation is 1. The summed E-state index contributed by atoms with van der Waals surface area (Å²) in [5, 5.41) is 0.767. The molecule has 80 valence electrons. The summed E-state index contributed by atoms with van der Waals surface area (Å²) in [4.78, 5) is 0. The summed E-state index contributed by atoms with van der Waals surface area (Å²) < 4.78 is 2.01. The van der Waals surface area contributed by atoms with Gasteiger partial charge in [-0.3, -0.25) is 0 Å².